The Balaban J connectivity index is 1.80. The topological polar surface area (TPSA) is 35.9 Å². The van der Waals surface area contributed by atoms with Crippen LogP contribution in [0.25, 0.3) is 0 Å². The monoisotopic (exact) mass is 420 g/mol. The minimum Gasteiger partial charge on any atom is -0.496 e. The van der Waals surface area contributed by atoms with Gasteiger partial charge in [0, 0.05) is 43.2 Å². The quantitative estimate of drug-likeness (QED) is 0.554. The molecule has 0 bridgehead atoms. The van der Waals surface area contributed by atoms with Gasteiger partial charge in [-0.1, -0.05) is 23.8 Å². The van der Waals surface area contributed by atoms with E-state index in [1.165, 1.54) is 22.4 Å². The smallest absolute Gasteiger partial charge is 0.164 e. The van der Waals surface area contributed by atoms with Gasteiger partial charge in [0.2, 0.25) is 0 Å². The van der Waals surface area contributed by atoms with Gasteiger partial charge in [0.1, 0.15) is 5.75 Å². The number of hydrogen-bond acceptors (Lipinski definition) is 4. The molecule has 4 rings (SSSR count). The van der Waals surface area contributed by atoms with Crippen LogP contribution >= 0.6 is 0 Å². The summed E-state index contributed by atoms with van der Waals surface area (Å²) in [5.74, 6) is 2.22. The highest BCUT2D eigenvalue weighted by atomic mass is 16.5. The number of nitrogens with zero attached hydrogens (tertiary/aromatic N) is 2. The highest BCUT2D eigenvalue weighted by Gasteiger charge is 2.29. The van der Waals surface area contributed by atoms with Gasteiger partial charge >= 0.3 is 0 Å². The summed E-state index contributed by atoms with van der Waals surface area (Å²) in [5.41, 5.74) is 6.39. The van der Waals surface area contributed by atoms with Gasteiger partial charge in [-0.15, -0.1) is 0 Å². The molecule has 0 amide bonds. The minimum absolute atomic E-state index is 0.176. The van der Waals surface area contributed by atoms with Crippen LogP contribution in [0.3, 0.4) is 0 Å². The van der Waals surface area contributed by atoms with Crippen LogP contribution in [0.15, 0.2) is 48.7 Å². The lowest BCUT2D eigenvalue weighted by Gasteiger charge is -2.32. The SMILES string of the molecule is COc1cc(OC)c(OC)cc1CN1CCCn2cccc2C1c1cc(C)ccc1C. The molecule has 2 aromatic carbocycles. The molecule has 0 saturated carbocycles. The van der Waals surface area contributed by atoms with Gasteiger partial charge in [-0.2, -0.15) is 0 Å². The first-order chi connectivity index (χ1) is 15.0. The fourth-order valence-electron chi connectivity index (χ4n) is 4.66. The molecule has 2 heterocycles. The summed E-state index contributed by atoms with van der Waals surface area (Å²) in [7, 11) is 5.03. The average Bonchev–Trinajstić information content (AvgIpc) is 3.17. The molecule has 164 valence electrons. The summed E-state index contributed by atoms with van der Waals surface area (Å²) in [6.07, 6.45) is 3.30. The lowest BCUT2D eigenvalue weighted by atomic mass is 9.95. The Morgan fingerprint density at radius 3 is 2.35 bits per heavy atom. The summed E-state index contributed by atoms with van der Waals surface area (Å²) < 4.78 is 19.2. The van der Waals surface area contributed by atoms with E-state index in [9.17, 15) is 0 Å². The number of ether oxygens (including phenoxy) is 3. The maximum atomic E-state index is 5.73. The molecule has 0 N–H and O–H groups in total. The van der Waals surface area contributed by atoms with Crippen LogP contribution in [-0.4, -0.2) is 37.3 Å². The Morgan fingerprint density at radius 1 is 0.871 bits per heavy atom. The molecule has 3 aromatic rings. The van der Waals surface area contributed by atoms with Gasteiger partial charge in [0.15, 0.2) is 11.5 Å². The second kappa shape index (κ2) is 9.06. The van der Waals surface area contributed by atoms with Crippen LogP contribution < -0.4 is 14.2 Å². The van der Waals surface area contributed by atoms with E-state index < -0.39 is 0 Å². The summed E-state index contributed by atoms with van der Waals surface area (Å²) in [5, 5.41) is 0. The number of aryl methyl sites for hydroxylation is 3. The van der Waals surface area contributed by atoms with Crippen LogP contribution in [0.4, 0.5) is 0 Å². The molecule has 1 aromatic heterocycles. The zero-order valence-electron chi connectivity index (χ0n) is 19.1. The number of rotatable bonds is 6. The van der Waals surface area contributed by atoms with Crippen LogP contribution in [-0.2, 0) is 13.1 Å². The molecule has 5 heteroatoms. The highest BCUT2D eigenvalue weighted by molar-refractivity contribution is 5.51. The van der Waals surface area contributed by atoms with E-state index in [1.807, 2.05) is 12.1 Å². The molecule has 5 nitrogen and oxygen atoms in total. The summed E-state index contributed by atoms with van der Waals surface area (Å²) >= 11 is 0. The van der Waals surface area contributed by atoms with Gasteiger partial charge < -0.3 is 18.8 Å². The van der Waals surface area contributed by atoms with Crippen molar-refractivity contribution in [3.63, 3.8) is 0 Å². The van der Waals surface area contributed by atoms with E-state index in [0.717, 1.165) is 43.1 Å². The molecule has 1 aliphatic rings. The lowest BCUT2D eigenvalue weighted by molar-refractivity contribution is 0.216. The molecule has 1 aliphatic heterocycles. The molecule has 31 heavy (non-hydrogen) atoms. The van der Waals surface area contributed by atoms with Gasteiger partial charge in [0.05, 0.1) is 27.4 Å². The molecule has 0 fully saturated rings. The molecule has 1 unspecified atom stereocenters. The number of aromatic nitrogens is 1. The molecule has 0 spiro atoms. The summed E-state index contributed by atoms with van der Waals surface area (Å²) in [6, 6.07) is 15.3. The van der Waals surface area contributed by atoms with E-state index in [4.69, 9.17) is 14.2 Å². The first-order valence-electron chi connectivity index (χ1n) is 10.8. The van der Waals surface area contributed by atoms with E-state index in [-0.39, 0.29) is 6.04 Å². The number of benzene rings is 2. The highest BCUT2D eigenvalue weighted by Crippen LogP contribution is 2.39. The van der Waals surface area contributed by atoms with Crippen molar-refractivity contribution in [2.45, 2.75) is 39.4 Å². The molecule has 1 atom stereocenters. The minimum atomic E-state index is 0.176. The Kier molecular flexibility index (Phi) is 6.23. The van der Waals surface area contributed by atoms with E-state index >= 15 is 0 Å². The number of hydrogen-bond donors (Lipinski definition) is 0. The fraction of sp³-hybridized carbons (Fsp3) is 0.385. The van der Waals surface area contributed by atoms with Gasteiger partial charge in [-0.25, -0.2) is 0 Å². The molecular weight excluding hydrogens is 388 g/mol. The van der Waals surface area contributed by atoms with Crippen LogP contribution in [0.1, 0.15) is 40.4 Å². The third-order valence-corrected chi connectivity index (χ3v) is 6.24. The second-order valence-electron chi connectivity index (χ2n) is 8.23. The van der Waals surface area contributed by atoms with Crippen LogP contribution in [0.5, 0.6) is 17.2 Å². The normalized spacial score (nSPS) is 16.5. The van der Waals surface area contributed by atoms with Gasteiger partial charge in [0.25, 0.3) is 0 Å². The third kappa shape index (κ3) is 4.15. The van der Waals surface area contributed by atoms with Crippen molar-refractivity contribution in [3.05, 3.63) is 76.6 Å². The molecule has 0 aliphatic carbocycles. The number of fused-ring (bicyclic) bond motifs is 1. The maximum Gasteiger partial charge on any atom is 0.164 e. The standard InChI is InChI=1S/C26H32N2O3/c1-18-9-10-19(2)21(14-18)26-22-8-6-11-27(22)12-7-13-28(26)17-20-15-24(30-4)25(31-5)16-23(20)29-3/h6,8-11,14-16,26H,7,12-13,17H2,1-5H3. The number of methoxy groups -OCH3 is 3. The Bertz CT molecular complexity index is 1060. The predicted octanol–water partition coefficient (Wildman–Crippen LogP) is 5.13. The Labute approximate surface area is 185 Å². The van der Waals surface area contributed by atoms with Crippen molar-refractivity contribution in [1.29, 1.82) is 0 Å². The van der Waals surface area contributed by atoms with Crippen molar-refractivity contribution < 1.29 is 14.2 Å². The zero-order chi connectivity index (χ0) is 22.0. The fourth-order valence-corrected chi connectivity index (χ4v) is 4.66. The zero-order valence-corrected chi connectivity index (χ0v) is 19.1. The van der Waals surface area contributed by atoms with E-state index in [2.05, 4.69) is 59.8 Å². The van der Waals surface area contributed by atoms with E-state index in [0.29, 0.717) is 5.75 Å². The summed E-state index contributed by atoms with van der Waals surface area (Å²) in [6.45, 7) is 7.16. The Morgan fingerprint density at radius 2 is 1.61 bits per heavy atom. The first kappa shape index (κ1) is 21.3. The molecule has 0 saturated heterocycles. The third-order valence-electron chi connectivity index (χ3n) is 6.24. The maximum absolute atomic E-state index is 5.73. The second-order valence-corrected chi connectivity index (χ2v) is 8.23. The first-order valence-corrected chi connectivity index (χ1v) is 10.8. The van der Waals surface area contributed by atoms with Gasteiger partial charge in [-0.05, 0) is 49.6 Å². The van der Waals surface area contributed by atoms with Crippen molar-refractivity contribution in [2.24, 2.45) is 0 Å². The van der Waals surface area contributed by atoms with Gasteiger partial charge in [-0.3, -0.25) is 4.90 Å². The van der Waals surface area contributed by atoms with Crippen molar-refractivity contribution in [1.82, 2.24) is 9.47 Å². The Hall–Kier alpha value is -2.92. The summed E-state index contributed by atoms with van der Waals surface area (Å²) in [4.78, 5) is 2.56. The predicted molar refractivity (Wildman–Crippen MR) is 123 cm³/mol. The van der Waals surface area contributed by atoms with Crippen LogP contribution in [0, 0.1) is 13.8 Å². The average molecular weight is 421 g/mol. The van der Waals surface area contributed by atoms with Crippen molar-refractivity contribution in [2.75, 3.05) is 27.9 Å². The molecular formula is C26H32N2O3. The van der Waals surface area contributed by atoms with Crippen molar-refractivity contribution >= 4 is 0 Å². The van der Waals surface area contributed by atoms with Crippen LogP contribution in [0.2, 0.25) is 0 Å². The lowest BCUT2D eigenvalue weighted by Crippen LogP contribution is -2.30. The van der Waals surface area contributed by atoms with Crippen molar-refractivity contribution in [3.8, 4) is 17.2 Å². The molecule has 0 radical (unpaired) electrons. The largest absolute Gasteiger partial charge is 0.496 e. The van der Waals surface area contributed by atoms with E-state index in [1.54, 1.807) is 21.3 Å².